The lowest BCUT2D eigenvalue weighted by atomic mass is 9.70. The van der Waals surface area contributed by atoms with Gasteiger partial charge < -0.3 is 4.74 Å². The third-order valence-corrected chi connectivity index (χ3v) is 4.88. The molecule has 0 bridgehead atoms. The Hall–Kier alpha value is -2.16. The van der Waals surface area contributed by atoms with E-state index >= 15 is 0 Å². The Morgan fingerprint density at radius 3 is 2.59 bits per heavy atom. The highest BCUT2D eigenvalue weighted by Gasteiger charge is 2.46. The summed E-state index contributed by atoms with van der Waals surface area (Å²) >= 11 is 0. The van der Waals surface area contributed by atoms with Crippen LogP contribution in [0.5, 0.6) is 0 Å². The Bertz CT molecular complexity index is 776. The molecule has 0 heterocycles. The Labute approximate surface area is 130 Å². The van der Waals surface area contributed by atoms with Crippen molar-refractivity contribution < 1.29 is 14.3 Å². The van der Waals surface area contributed by atoms with Crippen molar-refractivity contribution >= 4 is 22.5 Å². The molecule has 3 rings (SSSR count). The van der Waals surface area contributed by atoms with Crippen molar-refractivity contribution in [1.82, 2.24) is 0 Å². The van der Waals surface area contributed by atoms with Crippen molar-refractivity contribution in [3.05, 3.63) is 47.0 Å². The fourth-order valence-electron chi connectivity index (χ4n) is 3.48. The van der Waals surface area contributed by atoms with Crippen LogP contribution in [0.15, 0.2) is 30.3 Å². The van der Waals surface area contributed by atoms with E-state index in [9.17, 15) is 9.59 Å². The number of ketones is 1. The van der Waals surface area contributed by atoms with Gasteiger partial charge in [-0.2, -0.15) is 0 Å². The third kappa shape index (κ3) is 1.96. The first-order chi connectivity index (χ1) is 10.5. The van der Waals surface area contributed by atoms with Gasteiger partial charge in [-0.3, -0.25) is 9.59 Å². The standard InChI is InChI=1S/C19H20O3/c1-4-12-11-16-15(14-8-6-5-7-13(12)14)9-10-19(2,17(16)20)18(21)22-3/h5-8,11H,4,9-10H2,1-3H3/t19-/m0/s1. The lowest BCUT2D eigenvalue weighted by Gasteiger charge is -2.31. The molecule has 0 aromatic heterocycles. The van der Waals surface area contributed by atoms with E-state index in [4.69, 9.17) is 4.74 Å². The number of esters is 1. The first kappa shape index (κ1) is 14.8. The Kier molecular flexibility index (Phi) is 3.51. The molecule has 0 spiro atoms. The van der Waals surface area contributed by atoms with Crippen LogP contribution in [0.1, 0.15) is 41.8 Å². The normalized spacial score (nSPS) is 20.8. The molecular weight excluding hydrogens is 276 g/mol. The summed E-state index contributed by atoms with van der Waals surface area (Å²) in [6, 6.07) is 10.2. The highest BCUT2D eigenvalue weighted by Crippen LogP contribution is 2.40. The summed E-state index contributed by atoms with van der Waals surface area (Å²) in [5, 5.41) is 2.34. The van der Waals surface area contributed by atoms with Gasteiger partial charge in [0.15, 0.2) is 5.78 Å². The number of rotatable bonds is 2. The van der Waals surface area contributed by atoms with Gasteiger partial charge in [0, 0.05) is 5.56 Å². The van der Waals surface area contributed by atoms with E-state index in [1.807, 2.05) is 18.2 Å². The van der Waals surface area contributed by atoms with Gasteiger partial charge in [-0.15, -0.1) is 0 Å². The number of benzene rings is 2. The average molecular weight is 296 g/mol. The molecule has 0 saturated heterocycles. The van der Waals surface area contributed by atoms with E-state index in [-0.39, 0.29) is 5.78 Å². The quantitative estimate of drug-likeness (QED) is 0.627. The van der Waals surface area contributed by atoms with Crippen LogP contribution in [-0.2, 0) is 22.4 Å². The molecule has 2 aromatic carbocycles. The van der Waals surface area contributed by atoms with Gasteiger partial charge in [0.05, 0.1) is 7.11 Å². The predicted octanol–water partition coefficient (Wildman–Crippen LogP) is 3.71. The molecule has 0 saturated carbocycles. The van der Waals surface area contributed by atoms with Gasteiger partial charge in [-0.1, -0.05) is 31.2 Å². The predicted molar refractivity (Wildman–Crippen MR) is 86.1 cm³/mol. The molecule has 3 nitrogen and oxygen atoms in total. The molecule has 0 aliphatic heterocycles. The van der Waals surface area contributed by atoms with E-state index in [0.29, 0.717) is 12.0 Å². The number of methoxy groups -OCH3 is 1. The van der Waals surface area contributed by atoms with E-state index in [1.165, 1.54) is 12.5 Å². The van der Waals surface area contributed by atoms with Crippen LogP contribution in [0.2, 0.25) is 0 Å². The minimum absolute atomic E-state index is 0.110. The van der Waals surface area contributed by atoms with Crippen molar-refractivity contribution in [3.63, 3.8) is 0 Å². The van der Waals surface area contributed by atoms with Crippen molar-refractivity contribution in [2.45, 2.75) is 33.1 Å². The average Bonchev–Trinajstić information content (AvgIpc) is 2.56. The summed E-state index contributed by atoms with van der Waals surface area (Å²) in [5.41, 5.74) is 1.85. The number of carbonyl (C=O) groups excluding carboxylic acids is 2. The van der Waals surface area contributed by atoms with Crippen LogP contribution in [0.3, 0.4) is 0 Å². The zero-order valence-electron chi connectivity index (χ0n) is 13.2. The summed E-state index contributed by atoms with van der Waals surface area (Å²) in [4.78, 5) is 25.0. The number of Topliss-reactive ketones (excluding diaryl/α,β-unsaturated/α-hetero) is 1. The van der Waals surface area contributed by atoms with E-state index in [0.717, 1.165) is 29.4 Å². The first-order valence-electron chi connectivity index (χ1n) is 7.69. The van der Waals surface area contributed by atoms with Crippen LogP contribution in [0.25, 0.3) is 10.8 Å². The second-order valence-electron chi connectivity index (χ2n) is 6.11. The highest BCUT2D eigenvalue weighted by molar-refractivity contribution is 6.16. The van der Waals surface area contributed by atoms with Gasteiger partial charge in [-0.05, 0) is 54.2 Å². The maximum Gasteiger partial charge on any atom is 0.319 e. The van der Waals surface area contributed by atoms with Gasteiger partial charge in [-0.25, -0.2) is 0 Å². The number of hydrogen-bond acceptors (Lipinski definition) is 3. The summed E-state index contributed by atoms with van der Waals surface area (Å²) < 4.78 is 4.86. The minimum atomic E-state index is -1.06. The van der Waals surface area contributed by atoms with Crippen LogP contribution in [0, 0.1) is 5.41 Å². The molecule has 1 aliphatic rings. The SMILES string of the molecule is CCc1cc2c(c3ccccc13)CC[C@](C)(C(=O)OC)C2=O. The first-order valence-corrected chi connectivity index (χ1v) is 7.69. The fraction of sp³-hybridized carbons (Fsp3) is 0.368. The van der Waals surface area contributed by atoms with Crippen molar-refractivity contribution in [3.8, 4) is 0 Å². The van der Waals surface area contributed by atoms with Crippen LogP contribution in [0.4, 0.5) is 0 Å². The molecule has 22 heavy (non-hydrogen) atoms. The zero-order chi connectivity index (χ0) is 15.9. The van der Waals surface area contributed by atoms with E-state index in [2.05, 4.69) is 19.1 Å². The minimum Gasteiger partial charge on any atom is -0.468 e. The molecule has 0 unspecified atom stereocenters. The number of ether oxygens (including phenoxy) is 1. The third-order valence-electron chi connectivity index (χ3n) is 4.88. The number of hydrogen-bond donors (Lipinski definition) is 0. The Morgan fingerprint density at radius 1 is 1.27 bits per heavy atom. The summed E-state index contributed by atoms with van der Waals surface area (Å²) in [6.07, 6.45) is 2.08. The smallest absolute Gasteiger partial charge is 0.319 e. The lowest BCUT2D eigenvalue weighted by Crippen LogP contribution is -2.41. The molecule has 114 valence electrons. The van der Waals surface area contributed by atoms with Crippen LogP contribution >= 0.6 is 0 Å². The molecule has 2 aromatic rings. The van der Waals surface area contributed by atoms with Crippen LogP contribution in [-0.4, -0.2) is 18.9 Å². The molecular formula is C19H20O3. The number of aryl methyl sites for hydroxylation is 2. The molecule has 1 atom stereocenters. The van der Waals surface area contributed by atoms with Crippen molar-refractivity contribution in [2.24, 2.45) is 5.41 Å². The molecule has 0 fully saturated rings. The van der Waals surface area contributed by atoms with Crippen LogP contribution < -0.4 is 0 Å². The van der Waals surface area contributed by atoms with Crippen molar-refractivity contribution in [1.29, 1.82) is 0 Å². The maximum atomic E-state index is 12.9. The van der Waals surface area contributed by atoms with E-state index in [1.54, 1.807) is 6.92 Å². The summed E-state index contributed by atoms with van der Waals surface area (Å²) in [5.74, 6) is -0.546. The molecule has 0 N–H and O–H groups in total. The number of fused-ring (bicyclic) bond motifs is 3. The van der Waals surface area contributed by atoms with Gasteiger partial charge in [0.25, 0.3) is 0 Å². The monoisotopic (exact) mass is 296 g/mol. The number of carbonyl (C=O) groups is 2. The Morgan fingerprint density at radius 2 is 1.95 bits per heavy atom. The largest absolute Gasteiger partial charge is 0.468 e. The maximum absolute atomic E-state index is 12.9. The molecule has 3 heteroatoms. The van der Waals surface area contributed by atoms with Crippen molar-refractivity contribution in [2.75, 3.05) is 7.11 Å². The lowest BCUT2D eigenvalue weighted by molar-refractivity contribution is -0.149. The second-order valence-corrected chi connectivity index (χ2v) is 6.11. The van der Waals surface area contributed by atoms with Gasteiger partial charge >= 0.3 is 5.97 Å². The Balaban J connectivity index is 2.25. The molecule has 0 amide bonds. The van der Waals surface area contributed by atoms with Gasteiger partial charge in [0.1, 0.15) is 5.41 Å². The molecule has 1 aliphatic carbocycles. The van der Waals surface area contributed by atoms with Gasteiger partial charge in [0.2, 0.25) is 0 Å². The fourth-order valence-corrected chi connectivity index (χ4v) is 3.48. The summed E-state index contributed by atoms with van der Waals surface area (Å²) in [7, 11) is 1.34. The highest BCUT2D eigenvalue weighted by atomic mass is 16.5. The zero-order valence-corrected chi connectivity index (χ0v) is 13.2. The summed E-state index contributed by atoms with van der Waals surface area (Å²) in [6.45, 7) is 3.78. The second kappa shape index (κ2) is 5.24. The van der Waals surface area contributed by atoms with E-state index < -0.39 is 11.4 Å². The topological polar surface area (TPSA) is 43.4 Å². The molecule has 0 radical (unpaired) electrons.